The predicted molar refractivity (Wildman–Crippen MR) is 150 cm³/mol. The molecule has 0 unspecified atom stereocenters. The van der Waals surface area contributed by atoms with Crippen LogP contribution in [0.2, 0.25) is 0 Å². The topological polar surface area (TPSA) is 119 Å². The van der Waals surface area contributed by atoms with Crippen molar-refractivity contribution in [2.75, 3.05) is 31.1 Å². The molecule has 0 spiro atoms. The van der Waals surface area contributed by atoms with Gasteiger partial charge in [-0.05, 0) is 75.4 Å². The van der Waals surface area contributed by atoms with E-state index in [1.165, 1.54) is 12.1 Å². The number of phenols is 1. The molecule has 0 bridgehead atoms. The van der Waals surface area contributed by atoms with E-state index in [4.69, 9.17) is 4.98 Å². The van der Waals surface area contributed by atoms with Crippen molar-refractivity contribution in [2.45, 2.75) is 50.6 Å². The van der Waals surface area contributed by atoms with Gasteiger partial charge in [-0.15, -0.1) is 0 Å². The van der Waals surface area contributed by atoms with Crippen LogP contribution in [0.4, 0.5) is 10.2 Å². The number of benzene rings is 2. The maximum absolute atomic E-state index is 14.0. The third kappa shape index (κ3) is 6.17. The summed E-state index contributed by atoms with van der Waals surface area (Å²) in [5, 5.41) is 20.2. The van der Waals surface area contributed by atoms with E-state index in [1.54, 1.807) is 24.3 Å². The summed E-state index contributed by atoms with van der Waals surface area (Å²) in [4.78, 5) is 34.6. The zero-order valence-corrected chi connectivity index (χ0v) is 22.4. The molecular weight excluding hydrogens is 511 g/mol. The van der Waals surface area contributed by atoms with Crippen LogP contribution >= 0.6 is 0 Å². The highest BCUT2D eigenvalue weighted by atomic mass is 19.1. The van der Waals surface area contributed by atoms with Crippen LogP contribution in [0.5, 0.6) is 5.75 Å². The number of aromatic nitrogens is 2. The Kier molecular flexibility index (Phi) is 7.51. The molecule has 4 aliphatic rings. The van der Waals surface area contributed by atoms with Crippen LogP contribution in [0, 0.1) is 17.7 Å². The number of hydrogen-bond acceptors (Lipinski definition) is 7. The third-order valence-corrected chi connectivity index (χ3v) is 7.92. The smallest absolute Gasteiger partial charge is 0.223 e. The first-order valence-corrected chi connectivity index (χ1v) is 14.3. The number of hydrogen-bond donors (Lipinski definition) is 4. The number of amides is 2. The maximum atomic E-state index is 14.0. The largest absolute Gasteiger partial charge is 0.507 e. The van der Waals surface area contributed by atoms with Gasteiger partial charge in [-0.2, -0.15) is 0 Å². The van der Waals surface area contributed by atoms with Gasteiger partial charge in [0.1, 0.15) is 17.4 Å². The Labute approximate surface area is 232 Å². The van der Waals surface area contributed by atoms with Gasteiger partial charge in [0.15, 0.2) is 5.82 Å². The molecule has 2 atom stereocenters. The first-order valence-electron chi connectivity index (χ1n) is 14.3. The van der Waals surface area contributed by atoms with Gasteiger partial charge in [0.2, 0.25) is 11.8 Å². The van der Waals surface area contributed by atoms with Crippen LogP contribution in [0.3, 0.4) is 0 Å². The lowest BCUT2D eigenvalue weighted by atomic mass is 10.1. The Balaban J connectivity index is 0.000000219. The van der Waals surface area contributed by atoms with E-state index in [0.717, 1.165) is 51.6 Å². The number of fused-ring (bicyclic) bond motifs is 1. The molecule has 7 rings (SSSR count). The third-order valence-electron chi connectivity index (χ3n) is 7.92. The molecule has 10 heteroatoms. The van der Waals surface area contributed by atoms with Gasteiger partial charge in [0.05, 0.1) is 11.1 Å². The highest BCUT2D eigenvalue weighted by Crippen LogP contribution is 2.34. The Morgan fingerprint density at radius 3 is 2.33 bits per heavy atom. The van der Waals surface area contributed by atoms with Crippen molar-refractivity contribution < 1.29 is 19.1 Å². The van der Waals surface area contributed by atoms with Gasteiger partial charge in [0, 0.05) is 48.9 Å². The van der Waals surface area contributed by atoms with Crippen LogP contribution < -0.4 is 20.9 Å². The number of nitrogens with one attached hydrogen (secondary N) is 3. The fraction of sp³-hybridized carbons (Fsp3) is 0.467. The summed E-state index contributed by atoms with van der Waals surface area (Å²) in [6, 6.07) is 11.8. The molecule has 4 N–H and O–H groups in total. The molecule has 2 saturated heterocycles. The average Bonchev–Trinajstić information content (AvgIpc) is 3.88. The second-order valence-electron chi connectivity index (χ2n) is 11.2. The summed E-state index contributed by atoms with van der Waals surface area (Å²) in [6.45, 7) is 3.33. The zero-order chi connectivity index (χ0) is 27.6. The summed E-state index contributed by atoms with van der Waals surface area (Å²) in [6.07, 6.45) is 6.06. The first-order chi connectivity index (χ1) is 19.4. The van der Waals surface area contributed by atoms with Gasteiger partial charge in [0.25, 0.3) is 0 Å². The Morgan fingerprint density at radius 1 is 0.925 bits per heavy atom. The SMILES string of the molecule is O=C(N[C@@H]1CCN(c2nc(-c3ccccc3O)nc3ccc(F)cc23)C1)C1CC1.O=C(N[C@@H]1CCNC1)C1CC1. The molecule has 1 aromatic heterocycles. The summed E-state index contributed by atoms with van der Waals surface area (Å²) < 4.78 is 14.0. The molecule has 3 heterocycles. The van der Waals surface area contributed by atoms with Crippen molar-refractivity contribution >= 4 is 28.5 Å². The second-order valence-corrected chi connectivity index (χ2v) is 11.2. The van der Waals surface area contributed by atoms with Crippen LogP contribution in [-0.2, 0) is 9.59 Å². The van der Waals surface area contributed by atoms with Crippen molar-refractivity contribution in [2.24, 2.45) is 11.8 Å². The van der Waals surface area contributed by atoms with E-state index in [-0.39, 0.29) is 35.3 Å². The van der Waals surface area contributed by atoms with Gasteiger partial charge >= 0.3 is 0 Å². The minimum absolute atomic E-state index is 0.0512. The van der Waals surface area contributed by atoms with Crippen molar-refractivity contribution in [3.05, 3.63) is 48.3 Å². The van der Waals surface area contributed by atoms with Gasteiger partial charge in [-0.25, -0.2) is 14.4 Å². The first kappa shape index (κ1) is 26.4. The van der Waals surface area contributed by atoms with Gasteiger partial charge < -0.3 is 26.0 Å². The van der Waals surface area contributed by atoms with Crippen molar-refractivity contribution in [1.29, 1.82) is 0 Å². The number of rotatable bonds is 6. The van der Waals surface area contributed by atoms with E-state index >= 15 is 0 Å². The number of nitrogens with zero attached hydrogens (tertiary/aromatic N) is 3. The summed E-state index contributed by atoms with van der Waals surface area (Å²) in [5.41, 5.74) is 1.14. The Hall–Kier alpha value is -3.79. The standard InChI is InChI=1S/C22H21FN4O2.C8H14N2O/c23-14-7-8-18-17(11-14)21(26-20(25-18)16-3-1-2-4-19(16)28)27-10-9-15(12-27)24-22(29)13-5-6-13;11-8(6-1-2-6)10-7-3-4-9-5-7/h1-4,7-8,11,13,15,28H,5-6,9-10,12H2,(H,24,29);6-7,9H,1-5H2,(H,10,11)/t15-;7-/m11/s1. The lowest BCUT2D eigenvalue weighted by Gasteiger charge is -2.21. The number of phenolic OH excluding ortho intramolecular Hbond substituents is 1. The number of para-hydroxylation sites is 1. The van der Waals surface area contributed by atoms with Gasteiger partial charge in [-0.3, -0.25) is 9.59 Å². The van der Waals surface area contributed by atoms with E-state index in [2.05, 4.69) is 25.8 Å². The molecule has 2 aliphatic heterocycles. The summed E-state index contributed by atoms with van der Waals surface area (Å²) in [5.74, 6) is 1.69. The molecule has 0 radical (unpaired) electrons. The highest BCUT2D eigenvalue weighted by Gasteiger charge is 2.34. The number of anilines is 1. The van der Waals surface area contributed by atoms with Crippen molar-refractivity contribution in [3.63, 3.8) is 0 Å². The average molecular weight is 547 g/mol. The fourth-order valence-corrected chi connectivity index (χ4v) is 5.29. The maximum Gasteiger partial charge on any atom is 0.223 e. The monoisotopic (exact) mass is 546 g/mol. The number of aromatic hydroxyl groups is 1. The second kappa shape index (κ2) is 11.4. The van der Waals surface area contributed by atoms with Crippen molar-refractivity contribution in [3.8, 4) is 17.1 Å². The molecule has 3 aromatic rings. The molecule has 9 nitrogen and oxygen atoms in total. The number of carbonyl (C=O) groups excluding carboxylic acids is 2. The molecule has 4 fully saturated rings. The lowest BCUT2D eigenvalue weighted by molar-refractivity contribution is -0.123. The zero-order valence-electron chi connectivity index (χ0n) is 22.4. The van der Waals surface area contributed by atoms with Crippen LogP contribution in [0.1, 0.15) is 38.5 Å². The molecule has 2 saturated carbocycles. The summed E-state index contributed by atoms with van der Waals surface area (Å²) >= 11 is 0. The van der Waals surface area contributed by atoms with Crippen LogP contribution in [0.15, 0.2) is 42.5 Å². The number of carbonyl (C=O) groups is 2. The minimum Gasteiger partial charge on any atom is -0.507 e. The predicted octanol–water partition coefficient (Wildman–Crippen LogP) is 3.12. The van der Waals surface area contributed by atoms with E-state index in [1.807, 2.05) is 6.07 Å². The minimum atomic E-state index is -0.351. The van der Waals surface area contributed by atoms with Gasteiger partial charge in [-0.1, -0.05) is 12.1 Å². The molecule has 210 valence electrons. The lowest BCUT2D eigenvalue weighted by Crippen LogP contribution is -2.38. The molecule has 2 amide bonds. The molecule has 40 heavy (non-hydrogen) atoms. The van der Waals surface area contributed by atoms with Crippen LogP contribution in [-0.4, -0.2) is 65.2 Å². The van der Waals surface area contributed by atoms with E-state index in [9.17, 15) is 19.1 Å². The van der Waals surface area contributed by atoms with Crippen molar-refractivity contribution in [1.82, 2.24) is 25.9 Å². The normalized spacial score (nSPS) is 22.1. The quantitative estimate of drug-likeness (QED) is 0.375. The fourth-order valence-electron chi connectivity index (χ4n) is 5.29. The van der Waals surface area contributed by atoms with E-state index < -0.39 is 0 Å². The Morgan fingerprint density at radius 2 is 1.65 bits per heavy atom. The molecule has 2 aliphatic carbocycles. The molecular formula is C30H35FN6O3. The number of halogens is 1. The Bertz CT molecular complexity index is 1400. The molecule has 2 aromatic carbocycles. The van der Waals surface area contributed by atoms with Crippen LogP contribution in [0.25, 0.3) is 22.3 Å². The van der Waals surface area contributed by atoms with E-state index in [0.29, 0.717) is 53.2 Å². The highest BCUT2D eigenvalue weighted by molar-refractivity contribution is 5.91. The summed E-state index contributed by atoms with van der Waals surface area (Å²) in [7, 11) is 0.